The quantitative estimate of drug-likeness (QED) is 0.910. The van der Waals surface area contributed by atoms with Gasteiger partial charge in [-0.25, -0.2) is 0 Å². The third-order valence-corrected chi connectivity index (χ3v) is 4.99. The van der Waals surface area contributed by atoms with Gasteiger partial charge >= 0.3 is 0 Å². The lowest BCUT2D eigenvalue weighted by Gasteiger charge is -2.38. The van der Waals surface area contributed by atoms with E-state index >= 15 is 0 Å². The fourth-order valence-corrected chi connectivity index (χ4v) is 3.39. The van der Waals surface area contributed by atoms with Crippen LogP contribution in [0.3, 0.4) is 0 Å². The molecule has 3 rings (SSSR count). The molecule has 0 atom stereocenters. The summed E-state index contributed by atoms with van der Waals surface area (Å²) >= 11 is 6.17. The number of hydrogen-bond acceptors (Lipinski definition) is 3. The van der Waals surface area contributed by atoms with Crippen LogP contribution >= 0.6 is 11.6 Å². The highest BCUT2D eigenvalue weighted by molar-refractivity contribution is 6.30. The molecule has 1 aliphatic rings. The maximum absolute atomic E-state index is 12.5. The number of nitrogens with zero attached hydrogens (tertiary/aromatic N) is 1. The van der Waals surface area contributed by atoms with Crippen LogP contribution in [0.2, 0.25) is 5.02 Å². The molecule has 1 fully saturated rings. The zero-order chi connectivity index (χ0) is 17.7. The van der Waals surface area contributed by atoms with Gasteiger partial charge in [-0.2, -0.15) is 5.26 Å². The Balaban J connectivity index is 1.76. The van der Waals surface area contributed by atoms with Crippen LogP contribution < -0.4 is 5.32 Å². The summed E-state index contributed by atoms with van der Waals surface area (Å²) in [5.41, 5.74) is 2.04. The van der Waals surface area contributed by atoms with Crippen molar-refractivity contribution in [3.05, 3.63) is 70.2 Å². The van der Waals surface area contributed by atoms with Gasteiger partial charge in [-0.1, -0.05) is 23.7 Å². The Morgan fingerprint density at radius 2 is 1.92 bits per heavy atom. The van der Waals surface area contributed by atoms with E-state index in [1.54, 1.807) is 24.3 Å². The first kappa shape index (κ1) is 17.5. The Labute approximate surface area is 152 Å². The minimum atomic E-state index is -0.175. The van der Waals surface area contributed by atoms with Crippen LogP contribution in [0.4, 0.5) is 0 Å². The van der Waals surface area contributed by atoms with Gasteiger partial charge < -0.3 is 10.1 Å². The van der Waals surface area contributed by atoms with E-state index in [-0.39, 0.29) is 11.3 Å². The van der Waals surface area contributed by atoms with E-state index in [4.69, 9.17) is 21.6 Å². The summed E-state index contributed by atoms with van der Waals surface area (Å²) < 4.78 is 5.52. The van der Waals surface area contributed by atoms with Gasteiger partial charge in [-0.05, 0) is 54.8 Å². The minimum absolute atomic E-state index is 0.141. The first-order valence-electron chi connectivity index (χ1n) is 8.25. The largest absolute Gasteiger partial charge is 0.381 e. The molecule has 1 amide bonds. The van der Waals surface area contributed by atoms with E-state index in [0.29, 0.717) is 35.9 Å². The molecule has 4 nitrogen and oxygen atoms in total. The summed E-state index contributed by atoms with van der Waals surface area (Å²) in [7, 11) is 0. The lowest BCUT2D eigenvalue weighted by Crippen LogP contribution is -2.44. The predicted octanol–water partition coefficient (Wildman–Crippen LogP) is 3.69. The molecule has 0 radical (unpaired) electrons. The highest BCUT2D eigenvalue weighted by Gasteiger charge is 2.35. The molecule has 1 N–H and O–H groups in total. The molecule has 128 valence electrons. The highest BCUT2D eigenvalue weighted by atomic mass is 35.5. The first-order chi connectivity index (χ1) is 12.1. The molecule has 0 spiro atoms. The second kappa shape index (κ2) is 7.69. The molecule has 1 saturated heterocycles. The molecule has 25 heavy (non-hydrogen) atoms. The zero-order valence-electron chi connectivity index (χ0n) is 13.8. The summed E-state index contributed by atoms with van der Waals surface area (Å²) in [4.78, 5) is 12.5. The average molecular weight is 355 g/mol. The number of nitriles is 1. The van der Waals surface area contributed by atoms with E-state index in [9.17, 15) is 4.79 Å². The summed E-state index contributed by atoms with van der Waals surface area (Å²) in [6, 6.07) is 16.5. The van der Waals surface area contributed by atoms with Gasteiger partial charge in [0.2, 0.25) is 0 Å². The number of hydrogen-bond donors (Lipinski definition) is 1. The van der Waals surface area contributed by atoms with Crippen molar-refractivity contribution in [2.45, 2.75) is 18.3 Å². The molecule has 1 heterocycles. The van der Waals surface area contributed by atoms with Crippen LogP contribution in [0.5, 0.6) is 0 Å². The Bertz CT molecular complexity index is 790. The van der Waals surface area contributed by atoms with Crippen molar-refractivity contribution in [3.8, 4) is 6.07 Å². The van der Waals surface area contributed by atoms with Crippen LogP contribution in [0, 0.1) is 11.3 Å². The molecule has 0 bridgehead atoms. The lowest BCUT2D eigenvalue weighted by molar-refractivity contribution is 0.0487. The maximum Gasteiger partial charge on any atom is 0.251 e. The summed E-state index contributed by atoms with van der Waals surface area (Å²) in [6.45, 7) is 1.86. The normalized spacial score (nSPS) is 16.0. The van der Waals surface area contributed by atoms with Crippen LogP contribution in [-0.2, 0) is 10.2 Å². The third-order valence-electron chi connectivity index (χ3n) is 4.75. The van der Waals surface area contributed by atoms with Gasteiger partial charge in [0, 0.05) is 35.8 Å². The van der Waals surface area contributed by atoms with Crippen molar-refractivity contribution in [2.24, 2.45) is 0 Å². The van der Waals surface area contributed by atoms with Crippen molar-refractivity contribution in [1.82, 2.24) is 5.32 Å². The lowest BCUT2D eigenvalue weighted by atomic mass is 9.74. The maximum atomic E-state index is 12.5. The molecule has 2 aromatic rings. The number of carbonyl (C=O) groups excluding carboxylic acids is 1. The number of ether oxygens (including phenoxy) is 1. The predicted molar refractivity (Wildman–Crippen MR) is 96.7 cm³/mol. The van der Waals surface area contributed by atoms with Crippen LogP contribution in [0.15, 0.2) is 48.5 Å². The molecule has 0 saturated carbocycles. The van der Waals surface area contributed by atoms with Crippen molar-refractivity contribution in [2.75, 3.05) is 19.8 Å². The van der Waals surface area contributed by atoms with Crippen LogP contribution in [-0.4, -0.2) is 25.7 Å². The number of rotatable bonds is 4. The Kier molecular flexibility index (Phi) is 5.37. The van der Waals surface area contributed by atoms with E-state index in [0.717, 1.165) is 18.4 Å². The zero-order valence-corrected chi connectivity index (χ0v) is 14.6. The Morgan fingerprint density at radius 1 is 1.20 bits per heavy atom. The number of nitrogens with one attached hydrogen (secondary N) is 1. The number of amides is 1. The molecule has 2 aromatic carbocycles. The Morgan fingerprint density at radius 3 is 2.56 bits per heavy atom. The van der Waals surface area contributed by atoms with Gasteiger partial charge in [-0.15, -0.1) is 0 Å². The summed E-state index contributed by atoms with van der Waals surface area (Å²) in [5.74, 6) is -0.141. The molecule has 0 aromatic heterocycles. The molecular formula is C20H19ClN2O2. The molecule has 0 aliphatic carbocycles. The van der Waals surface area contributed by atoms with E-state index in [1.165, 1.54) is 0 Å². The van der Waals surface area contributed by atoms with Gasteiger partial charge in [0.25, 0.3) is 5.91 Å². The topological polar surface area (TPSA) is 62.1 Å². The van der Waals surface area contributed by atoms with Crippen molar-refractivity contribution in [3.63, 3.8) is 0 Å². The highest BCUT2D eigenvalue weighted by Crippen LogP contribution is 2.35. The van der Waals surface area contributed by atoms with Gasteiger partial charge in [0.05, 0.1) is 11.6 Å². The van der Waals surface area contributed by atoms with Crippen LogP contribution in [0.1, 0.15) is 34.3 Å². The fourth-order valence-electron chi connectivity index (χ4n) is 3.20. The van der Waals surface area contributed by atoms with Crippen molar-refractivity contribution < 1.29 is 9.53 Å². The first-order valence-corrected chi connectivity index (χ1v) is 8.63. The summed E-state index contributed by atoms with van der Waals surface area (Å²) in [6.07, 6.45) is 1.67. The fraction of sp³-hybridized carbons (Fsp3) is 0.300. The number of carbonyl (C=O) groups is 1. The minimum Gasteiger partial charge on any atom is -0.381 e. The van der Waals surface area contributed by atoms with E-state index < -0.39 is 0 Å². The molecule has 1 aliphatic heterocycles. The van der Waals surface area contributed by atoms with Crippen molar-refractivity contribution >= 4 is 17.5 Å². The Hall–Kier alpha value is -2.35. The van der Waals surface area contributed by atoms with Gasteiger partial charge in [-0.3, -0.25) is 4.79 Å². The van der Waals surface area contributed by atoms with E-state index in [1.807, 2.05) is 18.2 Å². The molecule has 5 heteroatoms. The van der Waals surface area contributed by atoms with Crippen LogP contribution in [0.25, 0.3) is 0 Å². The molecular weight excluding hydrogens is 336 g/mol. The third kappa shape index (κ3) is 4.01. The monoisotopic (exact) mass is 354 g/mol. The SMILES string of the molecule is N#Cc1ccc(C(=O)NCC2(c3cccc(Cl)c3)CCOCC2)cc1. The van der Waals surface area contributed by atoms with Gasteiger partial charge in [0.1, 0.15) is 0 Å². The second-order valence-corrected chi connectivity index (χ2v) is 6.71. The standard InChI is InChI=1S/C20H19ClN2O2/c21-18-3-1-2-17(12-18)20(8-10-25-11-9-20)14-23-19(24)16-6-4-15(13-22)5-7-16/h1-7,12H,8-11,14H2,(H,23,24). The smallest absolute Gasteiger partial charge is 0.251 e. The number of benzene rings is 2. The second-order valence-electron chi connectivity index (χ2n) is 6.27. The van der Waals surface area contributed by atoms with Crippen molar-refractivity contribution in [1.29, 1.82) is 5.26 Å². The number of halogens is 1. The van der Waals surface area contributed by atoms with Gasteiger partial charge in [0.15, 0.2) is 0 Å². The summed E-state index contributed by atoms with van der Waals surface area (Å²) in [5, 5.41) is 12.6. The average Bonchev–Trinajstić information content (AvgIpc) is 2.67. The van der Waals surface area contributed by atoms with E-state index in [2.05, 4.69) is 17.5 Å². The molecule has 0 unspecified atom stereocenters.